The average molecular weight is 416 g/mol. The van der Waals surface area contributed by atoms with Crippen LogP contribution in [-0.2, 0) is 11.3 Å². The van der Waals surface area contributed by atoms with Gasteiger partial charge in [0.05, 0.1) is 11.8 Å². The van der Waals surface area contributed by atoms with Crippen LogP contribution in [0, 0.1) is 6.92 Å². The van der Waals surface area contributed by atoms with E-state index in [1.165, 1.54) is 11.8 Å². The van der Waals surface area contributed by atoms with Crippen LogP contribution in [0.5, 0.6) is 0 Å². The van der Waals surface area contributed by atoms with E-state index in [1.807, 2.05) is 62.4 Å². The maximum atomic E-state index is 12.9. The molecule has 28 heavy (non-hydrogen) atoms. The number of hydrogen-bond donors (Lipinski definition) is 0. The van der Waals surface area contributed by atoms with Gasteiger partial charge in [-0.2, -0.15) is 4.98 Å². The van der Waals surface area contributed by atoms with Gasteiger partial charge in [-0.25, -0.2) is 0 Å². The van der Waals surface area contributed by atoms with Gasteiger partial charge in [0.2, 0.25) is 17.6 Å². The van der Waals surface area contributed by atoms with Crippen LogP contribution in [0.4, 0.5) is 0 Å². The number of aromatic nitrogens is 2. The summed E-state index contributed by atoms with van der Waals surface area (Å²) in [6.45, 7) is 4.29. The number of hydrogen-bond acceptors (Lipinski definition) is 5. The highest BCUT2D eigenvalue weighted by Gasteiger charge is 2.23. The zero-order valence-electron chi connectivity index (χ0n) is 16.1. The van der Waals surface area contributed by atoms with E-state index in [0.29, 0.717) is 16.7 Å². The Morgan fingerprint density at radius 3 is 2.68 bits per heavy atom. The Balaban J connectivity index is 1.65. The number of halogens is 1. The smallest absolute Gasteiger partial charge is 0.246 e. The van der Waals surface area contributed by atoms with Crippen LogP contribution < -0.4 is 0 Å². The summed E-state index contributed by atoms with van der Waals surface area (Å²) in [6.07, 6.45) is 0.717. The maximum absolute atomic E-state index is 12.9. The molecule has 1 amide bonds. The molecule has 0 fully saturated rings. The second kappa shape index (κ2) is 9.26. The lowest BCUT2D eigenvalue weighted by Crippen LogP contribution is -2.34. The number of aryl methyl sites for hydroxylation is 1. The van der Waals surface area contributed by atoms with Crippen molar-refractivity contribution >= 4 is 29.3 Å². The van der Waals surface area contributed by atoms with E-state index < -0.39 is 0 Å². The first kappa shape index (κ1) is 20.4. The molecule has 0 saturated carbocycles. The van der Waals surface area contributed by atoms with Gasteiger partial charge in [0.1, 0.15) is 0 Å². The van der Waals surface area contributed by atoms with E-state index in [1.54, 1.807) is 11.9 Å². The molecule has 2 aromatic carbocycles. The Hall–Kier alpha value is -2.31. The van der Waals surface area contributed by atoms with Crippen molar-refractivity contribution in [2.45, 2.75) is 37.0 Å². The quantitative estimate of drug-likeness (QED) is 0.494. The van der Waals surface area contributed by atoms with Crippen molar-refractivity contribution < 1.29 is 9.32 Å². The minimum absolute atomic E-state index is 0.0257. The summed E-state index contributed by atoms with van der Waals surface area (Å²) in [5.41, 5.74) is 2.02. The Kier molecular flexibility index (Phi) is 6.75. The predicted molar refractivity (Wildman–Crippen MR) is 112 cm³/mol. The van der Waals surface area contributed by atoms with Crippen molar-refractivity contribution in [3.63, 3.8) is 0 Å². The highest BCUT2D eigenvalue weighted by Crippen LogP contribution is 2.28. The number of amides is 1. The highest BCUT2D eigenvalue weighted by atomic mass is 35.5. The van der Waals surface area contributed by atoms with Gasteiger partial charge in [0.25, 0.3) is 0 Å². The Bertz CT molecular complexity index is 943. The average Bonchev–Trinajstić information content (AvgIpc) is 3.15. The monoisotopic (exact) mass is 415 g/mol. The number of carbonyl (C=O) groups is 1. The summed E-state index contributed by atoms with van der Waals surface area (Å²) in [6, 6.07) is 15.4. The molecule has 1 aromatic heterocycles. The molecule has 1 heterocycles. The van der Waals surface area contributed by atoms with Crippen LogP contribution in [0.3, 0.4) is 0 Å². The lowest BCUT2D eigenvalue weighted by Gasteiger charge is -2.21. The Morgan fingerprint density at radius 1 is 1.25 bits per heavy atom. The topological polar surface area (TPSA) is 59.2 Å². The summed E-state index contributed by atoms with van der Waals surface area (Å²) in [5, 5.41) is 4.53. The van der Waals surface area contributed by atoms with Gasteiger partial charge in [-0.1, -0.05) is 47.4 Å². The zero-order chi connectivity index (χ0) is 20.1. The summed E-state index contributed by atoms with van der Waals surface area (Å²) < 4.78 is 5.35. The van der Waals surface area contributed by atoms with Crippen LogP contribution >= 0.6 is 23.4 Å². The van der Waals surface area contributed by atoms with E-state index >= 15 is 0 Å². The van der Waals surface area contributed by atoms with E-state index in [4.69, 9.17) is 16.1 Å². The van der Waals surface area contributed by atoms with Crippen molar-refractivity contribution in [3.05, 3.63) is 65.0 Å². The largest absolute Gasteiger partial charge is 0.337 e. The van der Waals surface area contributed by atoms with Gasteiger partial charge in [0, 0.05) is 22.5 Å². The Morgan fingerprint density at radius 2 is 2.00 bits per heavy atom. The molecule has 0 N–H and O–H groups in total. The molecule has 1 unspecified atom stereocenters. The zero-order valence-corrected chi connectivity index (χ0v) is 17.6. The lowest BCUT2D eigenvalue weighted by atomic mass is 10.1. The Labute approximate surface area is 174 Å². The normalized spacial score (nSPS) is 12.0. The van der Waals surface area contributed by atoms with Gasteiger partial charge < -0.3 is 9.42 Å². The fourth-order valence-electron chi connectivity index (χ4n) is 2.73. The van der Waals surface area contributed by atoms with Crippen molar-refractivity contribution in [1.29, 1.82) is 0 Å². The first-order chi connectivity index (χ1) is 13.5. The number of carbonyl (C=O) groups excluding carboxylic acids is 1. The van der Waals surface area contributed by atoms with Crippen molar-refractivity contribution in [2.24, 2.45) is 0 Å². The fraction of sp³-hybridized carbons (Fsp3) is 0.286. The molecule has 146 valence electrons. The van der Waals surface area contributed by atoms with Crippen LogP contribution in [0.25, 0.3) is 11.4 Å². The third-order valence-corrected chi connectivity index (χ3v) is 5.85. The molecule has 0 aliphatic rings. The second-order valence-electron chi connectivity index (χ2n) is 6.54. The molecule has 1 atom stereocenters. The summed E-state index contributed by atoms with van der Waals surface area (Å²) >= 11 is 7.46. The van der Waals surface area contributed by atoms with Gasteiger partial charge in [-0.3, -0.25) is 4.79 Å². The highest BCUT2D eigenvalue weighted by molar-refractivity contribution is 8.00. The predicted octanol–water partition coefficient (Wildman–Crippen LogP) is 5.23. The van der Waals surface area contributed by atoms with Crippen molar-refractivity contribution in [3.8, 4) is 11.4 Å². The standard InChI is InChI=1S/C21H22ClN3O2S/c1-4-18(28-17-10-8-16(22)9-11-17)21(26)25(3)13-19-23-20(24-27-19)15-7-5-6-14(2)12-15/h5-12,18H,4,13H2,1-3H3. The van der Waals surface area contributed by atoms with Gasteiger partial charge in [-0.05, 0) is 43.7 Å². The second-order valence-corrected chi connectivity index (χ2v) is 8.26. The van der Waals surface area contributed by atoms with Crippen molar-refractivity contribution in [1.82, 2.24) is 15.0 Å². The van der Waals surface area contributed by atoms with Crippen molar-refractivity contribution in [2.75, 3.05) is 7.05 Å². The SMILES string of the molecule is CCC(Sc1ccc(Cl)cc1)C(=O)N(C)Cc1nc(-c2cccc(C)c2)no1. The summed E-state index contributed by atoms with van der Waals surface area (Å²) in [4.78, 5) is 19.9. The molecule has 5 nitrogen and oxygen atoms in total. The maximum Gasteiger partial charge on any atom is 0.246 e. The van der Waals surface area contributed by atoms with E-state index in [0.717, 1.165) is 22.4 Å². The molecule has 0 aliphatic heterocycles. The first-order valence-corrected chi connectivity index (χ1v) is 10.3. The third kappa shape index (κ3) is 5.14. The molecule has 0 aliphatic carbocycles. The molecule has 0 radical (unpaired) electrons. The minimum atomic E-state index is -0.189. The molecule has 3 rings (SSSR count). The van der Waals surface area contributed by atoms with Crippen LogP contribution in [0.2, 0.25) is 5.02 Å². The summed E-state index contributed by atoms with van der Waals surface area (Å²) in [7, 11) is 1.75. The minimum Gasteiger partial charge on any atom is -0.337 e. The van der Waals surface area contributed by atoms with Gasteiger partial charge in [0.15, 0.2) is 0 Å². The summed E-state index contributed by atoms with van der Waals surface area (Å²) in [5.74, 6) is 0.971. The first-order valence-electron chi connectivity index (χ1n) is 9.03. The number of thioether (sulfide) groups is 1. The molecular weight excluding hydrogens is 394 g/mol. The van der Waals surface area contributed by atoms with Crippen LogP contribution in [-0.4, -0.2) is 33.2 Å². The van der Waals surface area contributed by atoms with E-state index in [2.05, 4.69) is 10.1 Å². The number of nitrogens with zero attached hydrogens (tertiary/aromatic N) is 3. The van der Waals surface area contributed by atoms with E-state index in [-0.39, 0.29) is 17.7 Å². The molecule has 0 saturated heterocycles. The molecular formula is C21H22ClN3O2S. The van der Waals surface area contributed by atoms with Crippen LogP contribution in [0.15, 0.2) is 57.9 Å². The molecule has 3 aromatic rings. The molecule has 0 spiro atoms. The number of benzene rings is 2. The third-order valence-electron chi connectivity index (χ3n) is 4.23. The number of rotatable bonds is 7. The van der Waals surface area contributed by atoms with Gasteiger partial charge >= 0.3 is 0 Å². The molecule has 0 bridgehead atoms. The van der Waals surface area contributed by atoms with Gasteiger partial charge in [-0.15, -0.1) is 11.8 Å². The lowest BCUT2D eigenvalue weighted by molar-refractivity contribution is -0.130. The fourth-order valence-corrected chi connectivity index (χ4v) is 3.93. The van der Waals surface area contributed by atoms with Crippen LogP contribution in [0.1, 0.15) is 24.8 Å². The molecule has 7 heteroatoms. The van der Waals surface area contributed by atoms with E-state index in [9.17, 15) is 4.79 Å².